The summed E-state index contributed by atoms with van der Waals surface area (Å²) in [6, 6.07) is 37.4. The zero-order valence-electron chi connectivity index (χ0n) is 30.8. The molecule has 0 saturated carbocycles. The summed E-state index contributed by atoms with van der Waals surface area (Å²) in [5, 5.41) is 3.10. The molecule has 270 valence electrons. The average Bonchev–Trinajstić information content (AvgIpc) is 3.22. The quantitative estimate of drug-likeness (QED) is 0.0514. The molecule has 5 nitrogen and oxygen atoms in total. The highest BCUT2D eigenvalue weighted by Crippen LogP contribution is 2.29. The maximum atomic E-state index is 14.3. The molecule has 0 fully saturated rings. The molecular weight excluding hydrogens is 697 g/mol. The van der Waals surface area contributed by atoms with Crippen LogP contribution < -0.4 is 0 Å². The molecule has 0 radical (unpaired) electrons. The molecule has 0 aliphatic heterocycles. The smallest absolute Gasteiger partial charge is 0.160 e. The fourth-order valence-corrected chi connectivity index (χ4v) is 6.84. The molecule has 8 aromatic rings. The summed E-state index contributed by atoms with van der Waals surface area (Å²) in [5.74, 6) is -1.11. The number of nitrogens with zero attached hydrogens (tertiary/aromatic N) is 5. The van der Waals surface area contributed by atoms with Crippen molar-refractivity contribution in [1.82, 2.24) is 15.0 Å². The van der Waals surface area contributed by atoms with Gasteiger partial charge in [-0.1, -0.05) is 92.0 Å². The number of amidine groups is 1. The van der Waals surface area contributed by atoms with Crippen LogP contribution >= 0.6 is 0 Å². The summed E-state index contributed by atoms with van der Waals surface area (Å²) in [6.45, 7) is 12.2. The van der Waals surface area contributed by atoms with Crippen LogP contribution in [0.4, 0.5) is 8.78 Å². The normalized spacial score (nSPS) is 12.4. The van der Waals surface area contributed by atoms with Gasteiger partial charge in [-0.15, -0.1) is 0 Å². The molecule has 0 aliphatic rings. The summed E-state index contributed by atoms with van der Waals surface area (Å²) in [5.41, 5.74) is 11.0. The van der Waals surface area contributed by atoms with Crippen molar-refractivity contribution < 1.29 is 8.78 Å². The molecular formula is C49H35F2N5. The van der Waals surface area contributed by atoms with Gasteiger partial charge in [-0.2, -0.15) is 0 Å². The highest BCUT2D eigenvalue weighted by molar-refractivity contribution is 6.13. The molecule has 0 N–H and O–H groups in total. The Kier molecular flexibility index (Phi) is 9.73. The third-order valence-electron chi connectivity index (χ3n) is 9.80. The predicted octanol–water partition coefficient (Wildman–Crippen LogP) is 12.2. The number of hydrogen-bond acceptors (Lipinski definition) is 4. The number of aryl methyl sites for hydroxylation is 1. The van der Waals surface area contributed by atoms with Crippen LogP contribution in [0, 0.1) is 18.6 Å². The first kappa shape index (κ1) is 35.8. The van der Waals surface area contributed by atoms with Crippen molar-refractivity contribution in [2.45, 2.75) is 13.8 Å². The molecule has 0 saturated heterocycles. The van der Waals surface area contributed by atoms with E-state index in [-0.39, 0.29) is 11.3 Å². The first-order chi connectivity index (χ1) is 27.2. The van der Waals surface area contributed by atoms with Crippen molar-refractivity contribution in [3.05, 3.63) is 204 Å². The highest BCUT2D eigenvalue weighted by Gasteiger charge is 2.13. The van der Waals surface area contributed by atoms with Crippen molar-refractivity contribution in [2.24, 2.45) is 9.98 Å². The average molecular weight is 732 g/mol. The summed E-state index contributed by atoms with van der Waals surface area (Å²) < 4.78 is 28.6. The van der Waals surface area contributed by atoms with Gasteiger partial charge in [0.25, 0.3) is 0 Å². The van der Waals surface area contributed by atoms with Crippen molar-refractivity contribution in [3.63, 3.8) is 0 Å². The van der Waals surface area contributed by atoms with Gasteiger partial charge in [0.15, 0.2) is 5.84 Å². The van der Waals surface area contributed by atoms with E-state index < -0.39 is 11.6 Å². The Hall–Kier alpha value is -7.25. The van der Waals surface area contributed by atoms with Crippen LogP contribution in [-0.4, -0.2) is 26.5 Å². The van der Waals surface area contributed by atoms with E-state index in [1.165, 1.54) is 12.1 Å². The number of fused-ring (bicyclic) bond motifs is 4. The van der Waals surface area contributed by atoms with Gasteiger partial charge in [0, 0.05) is 63.2 Å². The van der Waals surface area contributed by atoms with E-state index in [9.17, 15) is 8.78 Å². The Labute approximate surface area is 323 Å². The second-order valence-corrected chi connectivity index (χ2v) is 13.5. The number of benzene rings is 5. The maximum absolute atomic E-state index is 14.3. The standard InChI is InChI=1S/C49H35F2N5/c1-5-33(22-36-18-16-34-14-8-20-52-46(34)30(36)2)38-11-7-13-41(24-38)49(56-32(4)42-26-44(50)28-45(51)27-42)55-31(3)37-10-6-12-39(23-37)43-25-40-19-17-35-15-9-21-53-47(35)48(40)54-29-43/h5-29H,1,4H2,2-3H3/b33-22+,55-31?,56-49?. The lowest BCUT2D eigenvalue weighted by molar-refractivity contribution is 0.582. The molecule has 0 atom stereocenters. The topological polar surface area (TPSA) is 63.4 Å². The molecule has 0 bridgehead atoms. The van der Waals surface area contributed by atoms with Gasteiger partial charge in [0.05, 0.1) is 22.2 Å². The lowest BCUT2D eigenvalue weighted by Gasteiger charge is -2.11. The molecule has 5 aromatic carbocycles. The minimum absolute atomic E-state index is 0.164. The van der Waals surface area contributed by atoms with Crippen LogP contribution in [0.3, 0.4) is 0 Å². The molecule has 3 heterocycles. The molecule has 0 amide bonds. The molecule has 8 rings (SSSR count). The Bertz CT molecular complexity index is 2940. The number of halogens is 2. The minimum Gasteiger partial charge on any atom is -0.256 e. The lowest BCUT2D eigenvalue weighted by atomic mass is 9.97. The van der Waals surface area contributed by atoms with Crippen molar-refractivity contribution >= 4 is 61.6 Å². The number of aliphatic imine (C=N–C) groups is 2. The largest absolute Gasteiger partial charge is 0.256 e. The fraction of sp³-hybridized carbons (Fsp3) is 0.0408. The second kappa shape index (κ2) is 15.2. The van der Waals surface area contributed by atoms with Crippen LogP contribution in [-0.2, 0) is 0 Å². The van der Waals surface area contributed by atoms with Crippen LogP contribution in [0.2, 0.25) is 0 Å². The first-order valence-electron chi connectivity index (χ1n) is 18.1. The third kappa shape index (κ3) is 7.30. The summed E-state index contributed by atoms with van der Waals surface area (Å²) in [4.78, 5) is 23.8. The van der Waals surface area contributed by atoms with Crippen molar-refractivity contribution in [1.29, 1.82) is 0 Å². The van der Waals surface area contributed by atoms with E-state index in [1.54, 1.807) is 12.4 Å². The van der Waals surface area contributed by atoms with Crippen LogP contribution in [0.15, 0.2) is 169 Å². The van der Waals surface area contributed by atoms with Gasteiger partial charge < -0.3 is 0 Å². The number of allylic oxidation sites excluding steroid dienone is 2. The van der Waals surface area contributed by atoms with Crippen molar-refractivity contribution in [2.75, 3.05) is 0 Å². The Balaban J connectivity index is 1.19. The van der Waals surface area contributed by atoms with Crippen molar-refractivity contribution in [3.8, 4) is 11.1 Å². The van der Waals surface area contributed by atoms with E-state index in [1.807, 2.05) is 85.9 Å². The SMILES string of the molecule is C=C/C(=C\c1ccc2cccnc2c1C)c1cccc(C(N=C(C)c2cccc(-c3cnc4c(ccc5cccnc54)c3)c2)=NC(=C)c2cc(F)cc(F)c2)c1. The Morgan fingerprint density at radius 3 is 2.05 bits per heavy atom. The molecule has 0 aliphatic carbocycles. The van der Waals surface area contributed by atoms with Crippen LogP contribution in [0.25, 0.3) is 61.2 Å². The van der Waals surface area contributed by atoms with Gasteiger partial charge in [0.1, 0.15) is 11.6 Å². The van der Waals surface area contributed by atoms with Crippen LogP contribution in [0.5, 0.6) is 0 Å². The Morgan fingerprint density at radius 2 is 1.27 bits per heavy atom. The first-order valence-corrected chi connectivity index (χ1v) is 18.1. The maximum Gasteiger partial charge on any atom is 0.160 e. The zero-order chi connectivity index (χ0) is 38.8. The molecule has 56 heavy (non-hydrogen) atoms. The fourth-order valence-electron chi connectivity index (χ4n) is 6.84. The monoisotopic (exact) mass is 731 g/mol. The van der Waals surface area contributed by atoms with E-state index in [0.717, 1.165) is 77.7 Å². The number of rotatable bonds is 8. The Morgan fingerprint density at radius 1 is 0.607 bits per heavy atom. The van der Waals surface area contributed by atoms with E-state index in [4.69, 9.17) is 15.0 Å². The lowest BCUT2D eigenvalue weighted by Crippen LogP contribution is -2.05. The minimum atomic E-state index is -0.719. The van der Waals surface area contributed by atoms with E-state index in [0.29, 0.717) is 17.1 Å². The van der Waals surface area contributed by atoms with Crippen LogP contribution in [0.1, 0.15) is 40.3 Å². The van der Waals surface area contributed by atoms with Gasteiger partial charge in [-0.05, 0) is 95.8 Å². The highest BCUT2D eigenvalue weighted by atomic mass is 19.1. The summed E-state index contributed by atoms with van der Waals surface area (Å²) in [7, 11) is 0. The predicted molar refractivity (Wildman–Crippen MR) is 228 cm³/mol. The number of pyridine rings is 3. The number of aromatic nitrogens is 3. The summed E-state index contributed by atoms with van der Waals surface area (Å²) >= 11 is 0. The van der Waals surface area contributed by atoms with E-state index >= 15 is 0 Å². The van der Waals surface area contributed by atoms with Gasteiger partial charge >= 0.3 is 0 Å². The van der Waals surface area contributed by atoms with E-state index in [2.05, 4.69) is 72.5 Å². The molecule has 3 aromatic heterocycles. The van der Waals surface area contributed by atoms with Gasteiger partial charge in [0.2, 0.25) is 0 Å². The third-order valence-corrected chi connectivity index (χ3v) is 9.80. The molecule has 0 unspecified atom stereocenters. The van der Waals surface area contributed by atoms with Gasteiger partial charge in [-0.3, -0.25) is 15.0 Å². The zero-order valence-corrected chi connectivity index (χ0v) is 30.8. The number of hydrogen-bond donors (Lipinski definition) is 0. The van der Waals surface area contributed by atoms with Gasteiger partial charge in [-0.25, -0.2) is 18.8 Å². The second-order valence-electron chi connectivity index (χ2n) is 13.5. The summed E-state index contributed by atoms with van der Waals surface area (Å²) in [6.07, 6.45) is 9.34. The molecule has 7 heteroatoms. The molecule has 0 spiro atoms.